The van der Waals surface area contributed by atoms with Crippen molar-refractivity contribution in [2.75, 3.05) is 5.32 Å². The van der Waals surface area contributed by atoms with Gasteiger partial charge in [-0.3, -0.25) is 4.79 Å². The van der Waals surface area contributed by atoms with Crippen molar-refractivity contribution in [3.05, 3.63) is 65.3 Å². The Bertz CT molecular complexity index is 1110. The van der Waals surface area contributed by atoms with Gasteiger partial charge in [0, 0.05) is 10.9 Å². The molecule has 8 nitrogen and oxygen atoms in total. The average Bonchev–Trinajstić information content (AvgIpc) is 3.29. The molecule has 0 radical (unpaired) electrons. The first-order valence-corrected chi connectivity index (χ1v) is 7.92. The van der Waals surface area contributed by atoms with Crippen LogP contribution in [0.4, 0.5) is 14.6 Å². The summed E-state index contributed by atoms with van der Waals surface area (Å²) in [6, 6.07) is 7.53. The fourth-order valence-corrected chi connectivity index (χ4v) is 2.66. The Labute approximate surface area is 150 Å². The second kappa shape index (κ2) is 6.90. The maximum atomic E-state index is 13.7. The topological polar surface area (TPSA) is 110 Å². The van der Waals surface area contributed by atoms with E-state index in [9.17, 15) is 13.6 Å². The zero-order valence-electron chi connectivity index (χ0n) is 13.7. The maximum absolute atomic E-state index is 13.7. The molecule has 3 heterocycles. The summed E-state index contributed by atoms with van der Waals surface area (Å²) in [5, 5.41) is 16.6. The number of hydrogen-bond donors (Lipinski definition) is 2. The number of nitrogens with zero attached hydrogens (tertiary/aromatic N) is 4. The Morgan fingerprint density at radius 2 is 2.11 bits per heavy atom. The molecule has 0 bridgehead atoms. The highest BCUT2D eigenvalue weighted by Crippen LogP contribution is 2.26. The Hall–Kier alpha value is -3.69. The standard InChI is InChI=1S/C17H12F2N6O2/c18-12-5-4-11-9(8-27-17(11)16(12)19)6-15(26)21-13-3-1-2-10(20-13)7-14-22-24-25-23-14/h1-5,8H,6-7H2,(H,20,21,26)(H,22,23,24,25). The third-order valence-electron chi connectivity index (χ3n) is 3.87. The lowest BCUT2D eigenvalue weighted by Gasteiger charge is -2.05. The smallest absolute Gasteiger partial charge is 0.230 e. The number of tetrazole rings is 1. The van der Waals surface area contributed by atoms with Gasteiger partial charge in [-0.25, -0.2) is 9.37 Å². The van der Waals surface area contributed by atoms with Crippen LogP contribution in [0.2, 0.25) is 0 Å². The molecule has 1 aromatic carbocycles. The summed E-state index contributed by atoms with van der Waals surface area (Å²) in [5.41, 5.74) is 0.892. The number of aromatic amines is 1. The van der Waals surface area contributed by atoms with Crippen molar-refractivity contribution < 1.29 is 18.0 Å². The number of carbonyl (C=O) groups excluding carboxylic acids is 1. The number of pyridine rings is 1. The van der Waals surface area contributed by atoms with Crippen LogP contribution in [0, 0.1) is 11.6 Å². The molecule has 0 aliphatic carbocycles. The molecule has 2 N–H and O–H groups in total. The molecule has 0 saturated carbocycles. The van der Waals surface area contributed by atoms with Gasteiger partial charge in [0.1, 0.15) is 5.82 Å². The average molecular weight is 370 g/mol. The van der Waals surface area contributed by atoms with Crippen LogP contribution in [0.1, 0.15) is 17.1 Å². The molecule has 3 aromatic heterocycles. The monoisotopic (exact) mass is 370 g/mol. The van der Waals surface area contributed by atoms with Gasteiger partial charge in [-0.1, -0.05) is 11.3 Å². The fourth-order valence-electron chi connectivity index (χ4n) is 2.66. The number of halogens is 2. The third-order valence-corrected chi connectivity index (χ3v) is 3.87. The molecule has 10 heteroatoms. The first kappa shape index (κ1) is 16.8. The lowest BCUT2D eigenvalue weighted by Crippen LogP contribution is -2.15. The molecule has 0 saturated heterocycles. The largest absolute Gasteiger partial charge is 0.461 e. The lowest BCUT2D eigenvalue weighted by atomic mass is 10.1. The number of anilines is 1. The van der Waals surface area contributed by atoms with E-state index in [1.165, 1.54) is 12.3 Å². The van der Waals surface area contributed by atoms with Crippen LogP contribution in [-0.2, 0) is 17.6 Å². The molecule has 0 atom stereocenters. The van der Waals surface area contributed by atoms with E-state index < -0.39 is 11.6 Å². The molecule has 0 spiro atoms. The van der Waals surface area contributed by atoms with Crippen molar-refractivity contribution in [1.29, 1.82) is 0 Å². The van der Waals surface area contributed by atoms with Gasteiger partial charge in [-0.2, -0.15) is 9.60 Å². The van der Waals surface area contributed by atoms with E-state index in [4.69, 9.17) is 4.42 Å². The van der Waals surface area contributed by atoms with Crippen LogP contribution >= 0.6 is 0 Å². The number of fused-ring (bicyclic) bond motifs is 1. The van der Waals surface area contributed by atoms with Gasteiger partial charge in [0.05, 0.1) is 24.8 Å². The lowest BCUT2D eigenvalue weighted by molar-refractivity contribution is -0.115. The van der Waals surface area contributed by atoms with Crippen LogP contribution in [0.15, 0.2) is 41.0 Å². The summed E-state index contributed by atoms with van der Waals surface area (Å²) in [6.07, 6.45) is 1.53. The Kier molecular flexibility index (Phi) is 4.29. The minimum atomic E-state index is -1.07. The van der Waals surface area contributed by atoms with Crippen molar-refractivity contribution in [1.82, 2.24) is 25.6 Å². The predicted molar refractivity (Wildman–Crippen MR) is 89.7 cm³/mol. The number of aromatic nitrogens is 5. The molecule has 0 unspecified atom stereocenters. The Morgan fingerprint density at radius 3 is 2.93 bits per heavy atom. The zero-order valence-corrected chi connectivity index (χ0v) is 13.7. The van der Waals surface area contributed by atoms with Crippen molar-refractivity contribution >= 4 is 22.7 Å². The molecule has 0 aliphatic heterocycles. The van der Waals surface area contributed by atoms with Crippen LogP contribution < -0.4 is 5.32 Å². The van der Waals surface area contributed by atoms with E-state index in [2.05, 4.69) is 30.9 Å². The van der Waals surface area contributed by atoms with Crippen LogP contribution in [0.3, 0.4) is 0 Å². The molecule has 136 valence electrons. The van der Waals surface area contributed by atoms with Crippen molar-refractivity contribution in [3.8, 4) is 0 Å². The zero-order chi connectivity index (χ0) is 18.8. The van der Waals surface area contributed by atoms with E-state index >= 15 is 0 Å². The Morgan fingerprint density at radius 1 is 1.22 bits per heavy atom. The molecule has 1 amide bonds. The van der Waals surface area contributed by atoms with Gasteiger partial charge < -0.3 is 9.73 Å². The molecular weight excluding hydrogens is 358 g/mol. The van der Waals surface area contributed by atoms with Gasteiger partial charge in [0.25, 0.3) is 0 Å². The SMILES string of the molecule is O=C(Cc1coc2c(F)c(F)ccc12)Nc1cccc(Cc2nn[nH]n2)n1. The summed E-state index contributed by atoms with van der Waals surface area (Å²) in [4.78, 5) is 16.6. The highest BCUT2D eigenvalue weighted by molar-refractivity contribution is 5.94. The maximum Gasteiger partial charge on any atom is 0.230 e. The predicted octanol–water partition coefficient (Wildman–Crippen LogP) is 2.39. The highest BCUT2D eigenvalue weighted by Gasteiger charge is 2.16. The van der Waals surface area contributed by atoms with Gasteiger partial charge in [-0.05, 0) is 24.3 Å². The second-order valence-electron chi connectivity index (χ2n) is 5.74. The van der Waals surface area contributed by atoms with Gasteiger partial charge in [-0.15, -0.1) is 10.2 Å². The number of benzene rings is 1. The normalized spacial score (nSPS) is 11.0. The van der Waals surface area contributed by atoms with Crippen LogP contribution in [0.25, 0.3) is 11.0 Å². The summed E-state index contributed by atoms with van der Waals surface area (Å²) in [5.74, 6) is -1.62. The van der Waals surface area contributed by atoms with Crippen LogP contribution in [-0.4, -0.2) is 31.5 Å². The van der Waals surface area contributed by atoms with Crippen LogP contribution in [0.5, 0.6) is 0 Å². The molecule has 4 aromatic rings. The fraction of sp³-hybridized carbons (Fsp3) is 0.118. The third kappa shape index (κ3) is 3.50. The number of amides is 1. The minimum Gasteiger partial charge on any atom is -0.461 e. The molecular formula is C17H12F2N6O2. The number of carbonyl (C=O) groups is 1. The molecule has 4 rings (SSSR count). The first-order valence-electron chi connectivity index (χ1n) is 7.92. The summed E-state index contributed by atoms with van der Waals surface area (Å²) in [6.45, 7) is 0. The van der Waals surface area contributed by atoms with Crippen molar-refractivity contribution in [2.45, 2.75) is 12.8 Å². The number of furan rings is 1. The molecule has 0 fully saturated rings. The van der Waals surface area contributed by atoms with E-state index in [0.717, 1.165) is 6.07 Å². The highest BCUT2D eigenvalue weighted by atomic mass is 19.2. The van der Waals surface area contributed by atoms with E-state index in [-0.39, 0.29) is 17.9 Å². The number of nitrogens with one attached hydrogen (secondary N) is 2. The minimum absolute atomic E-state index is 0.0746. The molecule has 0 aliphatic rings. The van der Waals surface area contributed by atoms with E-state index in [1.807, 2.05) is 0 Å². The van der Waals surface area contributed by atoms with Gasteiger partial charge >= 0.3 is 0 Å². The number of rotatable bonds is 5. The van der Waals surface area contributed by atoms with Gasteiger partial charge in [0.2, 0.25) is 11.7 Å². The summed E-state index contributed by atoms with van der Waals surface area (Å²) < 4.78 is 32.0. The quantitative estimate of drug-likeness (QED) is 0.558. The number of H-pyrrole nitrogens is 1. The molecule has 27 heavy (non-hydrogen) atoms. The second-order valence-corrected chi connectivity index (χ2v) is 5.74. The summed E-state index contributed by atoms with van der Waals surface area (Å²) in [7, 11) is 0. The van der Waals surface area contributed by atoms with Crippen molar-refractivity contribution in [3.63, 3.8) is 0 Å². The number of hydrogen-bond acceptors (Lipinski definition) is 6. The first-order chi connectivity index (χ1) is 13.1. The van der Waals surface area contributed by atoms with Gasteiger partial charge in [0.15, 0.2) is 17.2 Å². The van der Waals surface area contributed by atoms with E-state index in [0.29, 0.717) is 34.7 Å². The van der Waals surface area contributed by atoms with E-state index in [1.54, 1.807) is 18.2 Å². The van der Waals surface area contributed by atoms with Crippen molar-refractivity contribution in [2.24, 2.45) is 0 Å². The summed E-state index contributed by atoms with van der Waals surface area (Å²) >= 11 is 0. The Balaban J connectivity index is 1.48.